The number of halogens is 1. The van der Waals surface area contributed by atoms with Crippen molar-refractivity contribution in [2.45, 2.75) is 6.42 Å². The zero-order valence-electron chi connectivity index (χ0n) is 8.10. The van der Waals surface area contributed by atoms with Crippen molar-refractivity contribution in [2.75, 3.05) is 6.61 Å². The molecule has 0 bridgehead atoms. The van der Waals surface area contributed by atoms with E-state index in [0.29, 0.717) is 6.42 Å². The van der Waals surface area contributed by atoms with Gasteiger partial charge >= 0.3 is 0 Å². The van der Waals surface area contributed by atoms with Crippen LogP contribution in [0.2, 0.25) is 0 Å². The third-order valence-corrected chi connectivity index (χ3v) is 2.80. The Morgan fingerprint density at radius 1 is 1.40 bits per heavy atom. The largest absolute Gasteiger partial charge is 0.396 e. The SMILES string of the molecule is OCCc1ccc(-n2cccn2)c(Br)c1. The Kier molecular flexibility index (Phi) is 3.18. The number of aliphatic hydroxyl groups excluding tert-OH is 1. The Labute approximate surface area is 96.5 Å². The number of nitrogens with zero attached hydrogens (tertiary/aromatic N) is 2. The van der Waals surface area contributed by atoms with E-state index in [0.717, 1.165) is 15.7 Å². The van der Waals surface area contributed by atoms with Crippen molar-refractivity contribution >= 4 is 15.9 Å². The molecule has 4 heteroatoms. The van der Waals surface area contributed by atoms with Gasteiger partial charge in [-0.25, -0.2) is 4.68 Å². The summed E-state index contributed by atoms with van der Waals surface area (Å²) >= 11 is 3.50. The van der Waals surface area contributed by atoms with Crippen molar-refractivity contribution in [1.82, 2.24) is 9.78 Å². The minimum absolute atomic E-state index is 0.174. The molecule has 0 saturated heterocycles. The van der Waals surface area contributed by atoms with Crippen molar-refractivity contribution < 1.29 is 5.11 Å². The second-order valence-electron chi connectivity index (χ2n) is 3.21. The fourth-order valence-electron chi connectivity index (χ4n) is 1.43. The van der Waals surface area contributed by atoms with Gasteiger partial charge in [-0.1, -0.05) is 6.07 Å². The number of benzene rings is 1. The minimum atomic E-state index is 0.174. The van der Waals surface area contributed by atoms with E-state index in [2.05, 4.69) is 21.0 Å². The zero-order chi connectivity index (χ0) is 10.7. The third-order valence-electron chi connectivity index (χ3n) is 2.16. The summed E-state index contributed by atoms with van der Waals surface area (Å²) in [5.41, 5.74) is 2.11. The molecule has 0 saturated carbocycles. The van der Waals surface area contributed by atoms with Crippen LogP contribution < -0.4 is 0 Å². The van der Waals surface area contributed by atoms with E-state index in [1.165, 1.54) is 0 Å². The normalized spacial score (nSPS) is 10.5. The molecule has 0 atom stereocenters. The molecule has 1 aromatic carbocycles. The Morgan fingerprint density at radius 3 is 2.87 bits per heavy atom. The molecule has 1 N–H and O–H groups in total. The standard InChI is InChI=1S/C11H11BrN2O/c12-10-8-9(4-7-15)2-3-11(10)14-6-1-5-13-14/h1-3,5-6,8,15H,4,7H2. The molecule has 1 aromatic heterocycles. The minimum Gasteiger partial charge on any atom is -0.396 e. The summed E-state index contributed by atoms with van der Waals surface area (Å²) in [6.45, 7) is 0.174. The van der Waals surface area contributed by atoms with Crippen LogP contribution in [0.25, 0.3) is 5.69 Å². The van der Waals surface area contributed by atoms with Gasteiger partial charge in [0.2, 0.25) is 0 Å². The lowest BCUT2D eigenvalue weighted by atomic mass is 10.1. The van der Waals surface area contributed by atoms with Gasteiger partial charge in [-0.05, 0) is 46.1 Å². The molecule has 0 amide bonds. The summed E-state index contributed by atoms with van der Waals surface area (Å²) in [4.78, 5) is 0. The van der Waals surface area contributed by atoms with Crippen LogP contribution in [0.4, 0.5) is 0 Å². The van der Waals surface area contributed by atoms with Gasteiger partial charge in [0.1, 0.15) is 0 Å². The first kappa shape index (κ1) is 10.4. The first-order valence-corrected chi connectivity index (χ1v) is 5.50. The zero-order valence-corrected chi connectivity index (χ0v) is 9.68. The average Bonchev–Trinajstić information content (AvgIpc) is 2.71. The van der Waals surface area contributed by atoms with Gasteiger partial charge in [0, 0.05) is 23.5 Å². The van der Waals surface area contributed by atoms with Crippen LogP contribution in [-0.2, 0) is 6.42 Å². The maximum absolute atomic E-state index is 8.83. The second-order valence-corrected chi connectivity index (χ2v) is 4.06. The summed E-state index contributed by atoms with van der Waals surface area (Å²) < 4.78 is 2.78. The molecule has 2 rings (SSSR count). The van der Waals surface area contributed by atoms with Crippen LogP contribution in [0.1, 0.15) is 5.56 Å². The van der Waals surface area contributed by atoms with Gasteiger partial charge in [-0.3, -0.25) is 0 Å². The van der Waals surface area contributed by atoms with Crippen LogP contribution >= 0.6 is 15.9 Å². The number of hydrogen-bond acceptors (Lipinski definition) is 2. The van der Waals surface area contributed by atoms with Crippen molar-refractivity contribution in [3.05, 3.63) is 46.7 Å². The molecule has 1 heterocycles. The third kappa shape index (κ3) is 2.27. The molecule has 2 aromatic rings. The molecule has 0 radical (unpaired) electrons. The number of aromatic nitrogens is 2. The predicted octanol–water partition coefficient (Wildman–Crippen LogP) is 2.17. The van der Waals surface area contributed by atoms with Crippen molar-refractivity contribution in [1.29, 1.82) is 0 Å². The summed E-state index contributed by atoms with van der Waals surface area (Å²) in [6.07, 6.45) is 4.32. The maximum Gasteiger partial charge on any atom is 0.0787 e. The van der Waals surface area contributed by atoms with E-state index < -0.39 is 0 Å². The second kappa shape index (κ2) is 4.59. The highest BCUT2D eigenvalue weighted by Crippen LogP contribution is 2.21. The molecular weight excluding hydrogens is 256 g/mol. The first-order valence-electron chi connectivity index (χ1n) is 4.70. The maximum atomic E-state index is 8.83. The summed E-state index contributed by atoms with van der Waals surface area (Å²) in [6, 6.07) is 7.88. The van der Waals surface area contributed by atoms with Crippen molar-refractivity contribution in [3.8, 4) is 5.69 Å². The Bertz CT molecular complexity index is 440. The molecule has 78 valence electrons. The van der Waals surface area contributed by atoms with Gasteiger partial charge < -0.3 is 5.11 Å². The molecular formula is C11H11BrN2O. The Hall–Kier alpha value is -1.13. The highest BCUT2D eigenvalue weighted by Gasteiger charge is 2.03. The van der Waals surface area contributed by atoms with E-state index in [9.17, 15) is 0 Å². The van der Waals surface area contributed by atoms with Gasteiger partial charge in [0.05, 0.1) is 5.69 Å². The molecule has 0 aliphatic heterocycles. The fraction of sp³-hybridized carbons (Fsp3) is 0.182. The van der Waals surface area contributed by atoms with E-state index in [1.807, 2.05) is 30.5 Å². The van der Waals surface area contributed by atoms with Gasteiger partial charge in [-0.15, -0.1) is 0 Å². The van der Waals surface area contributed by atoms with Crippen LogP contribution in [0.3, 0.4) is 0 Å². The van der Waals surface area contributed by atoms with E-state index >= 15 is 0 Å². The summed E-state index contributed by atoms with van der Waals surface area (Å²) in [5.74, 6) is 0. The van der Waals surface area contributed by atoms with Gasteiger partial charge in [-0.2, -0.15) is 5.10 Å². The van der Waals surface area contributed by atoms with Crippen LogP contribution in [0.5, 0.6) is 0 Å². The van der Waals surface area contributed by atoms with Crippen LogP contribution in [-0.4, -0.2) is 21.5 Å². The van der Waals surface area contributed by atoms with Crippen LogP contribution in [0, 0.1) is 0 Å². The monoisotopic (exact) mass is 266 g/mol. The average molecular weight is 267 g/mol. The topological polar surface area (TPSA) is 38.0 Å². The van der Waals surface area contributed by atoms with Crippen molar-refractivity contribution in [2.24, 2.45) is 0 Å². The predicted molar refractivity (Wildman–Crippen MR) is 62.1 cm³/mol. The van der Waals surface area contributed by atoms with E-state index in [1.54, 1.807) is 10.9 Å². The molecule has 15 heavy (non-hydrogen) atoms. The van der Waals surface area contributed by atoms with E-state index in [-0.39, 0.29) is 6.61 Å². The fourth-order valence-corrected chi connectivity index (χ4v) is 2.04. The lowest BCUT2D eigenvalue weighted by Crippen LogP contribution is -1.97. The van der Waals surface area contributed by atoms with Crippen LogP contribution in [0.15, 0.2) is 41.1 Å². The summed E-state index contributed by atoms with van der Waals surface area (Å²) in [7, 11) is 0. The Balaban J connectivity index is 2.35. The smallest absolute Gasteiger partial charge is 0.0787 e. The summed E-state index contributed by atoms with van der Waals surface area (Å²) in [5, 5.41) is 13.0. The van der Waals surface area contributed by atoms with Gasteiger partial charge in [0.15, 0.2) is 0 Å². The molecule has 0 unspecified atom stereocenters. The molecule has 3 nitrogen and oxygen atoms in total. The lowest BCUT2D eigenvalue weighted by Gasteiger charge is -2.06. The molecule has 0 fully saturated rings. The number of rotatable bonds is 3. The molecule has 0 aliphatic rings. The van der Waals surface area contributed by atoms with Gasteiger partial charge in [0.25, 0.3) is 0 Å². The Morgan fingerprint density at radius 2 is 2.27 bits per heavy atom. The van der Waals surface area contributed by atoms with Crippen molar-refractivity contribution in [3.63, 3.8) is 0 Å². The highest BCUT2D eigenvalue weighted by atomic mass is 79.9. The number of hydrogen-bond donors (Lipinski definition) is 1. The van der Waals surface area contributed by atoms with E-state index in [4.69, 9.17) is 5.11 Å². The first-order chi connectivity index (χ1) is 7.31. The quantitative estimate of drug-likeness (QED) is 0.925. The molecule has 0 aliphatic carbocycles. The highest BCUT2D eigenvalue weighted by molar-refractivity contribution is 9.10. The number of aliphatic hydroxyl groups is 1. The lowest BCUT2D eigenvalue weighted by molar-refractivity contribution is 0.299. The molecule has 0 spiro atoms.